The van der Waals surface area contributed by atoms with Crippen LogP contribution in [0.1, 0.15) is 33.6 Å². The van der Waals surface area contributed by atoms with Gasteiger partial charge in [-0.2, -0.15) is 4.31 Å². The minimum atomic E-state index is -3.57. The predicted molar refractivity (Wildman–Crippen MR) is 82.8 cm³/mol. The Morgan fingerprint density at radius 3 is 2.25 bits per heavy atom. The van der Waals surface area contributed by atoms with E-state index in [-0.39, 0.29) is 16.4 Å². The summed E-state index contributed by atoms with van der Waals surface area (Å²) in [5.74, 6) is 0.245. The average molecular weight is 336 g/mol. The van der Waals surface area contributed by atoms with E-state index >= 15 is 0 Å². The molecular formula is C14H19Cl2NO2S. The van der Waals surface area contributed by atoms with E-state index in [0.29, 0.717) is 16.6 Å². The lowest BCUT2D eigenvalue weighted by Gasteiger charge is -2.37. The fourth-order valence-electron chi connectivity index (χ4n) is 2.74. The number of sulfonamides is 1. The van der Waals surface area contributed by atoms with Gasteiger partial charge in [-0.1, -0.05) is 37.0 Å². The van der Waals surface area contributed by atoms with Gasteiger partial charge in [0.1, 0.15) is 0 Å². The van der Waals surface area contributed by atoms with Gasteiger partial charge in [0, 0.05) is 22.1 Å². The molecule has 0 aliphatic carbocycles. The van der Waals surface area contributed by atoms with Crippen molar-refractivity contribution in [3.63, 3.8) is 0 Å². The van der Waals surface area contributed by atoms with E-state index in [4.69, 9.17) is 23.2 Å². The van der Waals surface area contributed by atoms with Crippen LogP contribution in [-0.2, 0) is 10.0 Å². The number of hydrogen-bond acceptors (Lipinski definition) is 2. The first-order valence-electron chi connectivity index (χ1n) is 6.67. The van der Waals surface area contributed by atoms with E-state index in [9.17, 15) is 8.42 Å². The lowest BCUT2D eigenvalue weighted by molar-refractivity contribution is 0.192. The third-order valence-corrected chi connectivity index (χ3v) is 6.73. The molecule has 1 aromatic carbocycles. The highest BCUT2D eigenvalue weighted by molar-refractivity contribution is 7.89. The summed E-state index contributed by atoms with van der Waals surface area (Å²) in [6.45, 7) is 6.66. The van der Waals surface area contributed by atoms with Crippen LogP contribution in [0, 0.1) is 5.92 Å². The van der Waals surface area contributed by atoms with E-state index in [1.807, 2.05) is 6.92 Å². The molecule has 1 aliphatic rings. The van der Waals surface area contributed by atoms with E-state index in [1.165, 1.54) is 18.2 Å². The monoisotopic (exact) mass is 335 g/mol. The third-order valence-electron chi connectivity index (χ3n) is 4.28. The van der Waals surface area contributed by atoms with Gasteiger partial charge in [0.05, 0.1) is 4.90 Å². The minimum absolute atomic E-state index is 0.170. The van der Waals surface area contributed by atoms with Crippen LogP contribution in [-0.4, -0.2) is 24.8 Å². The molecule has 1 heterocycles. The average Bonchev–Trinajstić information content (AvgIpc) is 2.72. The first-order chi connectivity index (χ1) is 9.18. The summed E-state index contributed by atoms with van der Waals surface area (Å²) in [5, 5.41) is 0.669. The maximum atomic E-state index is 12.9. The van der Waals surface area contributed by atoms with Crippen LogP contribution in [0.25, 0.3) is 0 Å². The first-order valence-corrected chi connectivity index (χ1v) is 8.86. The number of hydrogen-bond donors (Lipinski definition) is 0. The molecule has 0 amide bonds. The molecule has 1 saturated heterocycles. The van der Waals surface area contributed by atoms with Crippen LogP contribution >= 0.6 is 23.2 Å². The van der Waals surface area contributed by atoms with Crippen LogP contribution in [0.15, 0.2) is 23.1 Å². The van der Waals surface area contributed by atoms with Crippen molar-refractivity contribution in [1.29, 1.82) is 0 Å². The molecule has 1 aliphatic heterocycles. The van der Waals surface area contributed by atoms with Gasteiger partial charge in [-0.25, -0.2) is 8.42 Å². The largest absolute Gasteiger partial charge is 0.243 e. The molecule has 1 atom stereocenters. The van der Waals surface area contributed by atoms with Gasteiger partial charge >= 0.3 is 0 Å². The van der Waals surface area contributed by atoms with Gasteiger partial charge < -0.3 is 0 Å². The third kappa shape index (κ3) is 2.71. The second kappa shape index (κ2) is 5.48. The molecule has 20 heavy (non-hydrogen) atoms. The van der Waals surface area contributed by atoms with Crippen LogP contribution in [0.3, 0.4) is 0 Å². The molecule has 0 saturated carbocycles. The Hall–Kier alpha value is -0.290. The highest BCUT2D eigenvalue weighted by atomic mass is 35.5. The molecule has 0 aromatic heterocycles. The molecule has 3 nitrogen and oxygen atoms in total. The summed E-state index contributed by atoms with van der Waals surface area (Å²) in [4.78, 5) is 0.170. The Balaban J connectivity index is 2.50. The molecule has 0 unspecified atom stereocenters. The molecule has 112 valence electrons. The molecule has 6 heteroatoms. The summed E-state index contributed by atoms with van der Waals surface area (Å²) >= 11 is 11.9. The summed E-state index contributed by atoms with van der Waals surface area (Å²) < 4.78 is 27.3. The minimum Gasteiger partial charge on any atom is -0.207 e. The predicted octanol–water partition coefficient (Wildman–Crippen LogP) is 4.19. The van der Waals surface area contributed by atoms with Gasteiger partial charge in [-0.3, -0.25) is 0 Å². The molecule has 0 bridgehead atoms. The molecule has 2 rings (SSSR count). The van der Waals surface area contributed by atoms with Crippen molar-refractivity contribution in [1.82, 2.24) is 4.31 Å². The molecule has 0 N–H and O–H groups in total. The highest BCUT2D eigenvalue weighted by Gasteiger charge is 2.46. The lowest BCUT2D eigenvalue weighted by Crippen LogP contribution is -2.48. The Morgan fingerprint density at radius 1 is 1.20 bits per heavy atom. The van der Waals surface area contributed by atoms with Crippen molar-refractivity contribution in [3.05, 3.63) is 28.2 Å². The zero-order valence-electron chi connectivity index (χ0n) is 11.9. The second-order valence-electron chi connectivity index (χ2n) is 5.80. The van der Waals surface area contributed by atoms with Crippen molar-refractivity contribution in [2.45, 2.75) is 44.0 Å². The quantitative estimate of drug-likeness (QED) is 0.830. The van der Waals surface area contributed by atoms with Crippen LogP contribution in [0.2, 0.25) is 10.0 Å². The van der Waals surface area contributed by atoms with Crippen molar-refractivity contribution < 1.29 is 8.42 Å². The van der Waals surface area contributed by atoms with Gasteiger partial charge in [-0.05, 0) is 43.9 Å². The smallest absolute Gasteiger partial charge is 0.207 e. The summed E-state index contributed by atoms with van der Waals surface area (Å²) in [5.41, 5.74) is -0.354. The first kappa shape index (κ1) is 16.1. The van der Waals surface area contributed by atoms with Crippen molar-refractivity contribution in [2.75, 3.05) is 6.54 Å². The Kier molecular flexibility index (Phi) is 4.41. The van der Waals surface area contributed by atoms with E-state index in [1.54, 1.807) is 4.31 Å². The van der Waals surface area contributed by atoms with Crippen LogP contribution < -0.4 is 0 Å². The maximum absolute atomic E-state index is 12.9. The summed E-state index contributed by atoms with van der Waals surface area (Å²) in [7, 11) is -3.57. The Labute approximate surface area is 130 Å². The summed E-state index contributed by atoms with van der Waals surface area (Å²) in [6, 6.07) is 4.46. The zero-order valence-corrected chi connectivity index (χ0v) is 14.2. The van der Waals surface area contributed by atoms with Crippen molar-refractivity contribution >= 4 is 33.2 Å². The standard InChI is InChI=1S/C14H19Cl2NO2S/c1-10(2)14(3)5-4-6-17(14)20(18,19)13-8-11(15)7-12(16)9-13/h7-10H,4-6H2,1-3H3/t14-/m0/s1. The number of rotatable bonds is 3. The second-order valence-corrected chi connectivity index (χ2v) is 8.53. The van der Waals surface area contributed by atoms with Crippen LogP contribution in [0.4, 0.5) is 0 Å². The molecule has 0 spiro atoms. The zero-order chi connectivity index (χ0) is 15.1. The topological polar surface area (TPSA) is 37.4 Å². The molecule has 1 aromatic rings. The van der Waals surface area contributed by atoms with Gasteiger partial charge in [-0.15, -0.1) is 0 Å². The number of benzene rings is 1. The lowest BCUT2D eigenvalue weighted by atomic mass is 9.87. The van der Waals surface area contributed by atoms with Crippen molar-refractivity contribution in [3.8, 4) is 0 Å². The molecular weight excluding hydrogens is 317 g/mol. The summed E-state index contributed by atoms with van der Waals surface area (Å²) in [6.07, 6.45) is 1.75. The maximum Gasteiger partial charge on any atom is 0.243 e. The molecule has 1 fully saturated rings. The van der Waals surface area contributed by atoms with Gasteiger partial charge in [0.15, 0.2) is 0 Å². The fourth-order valence-corrected chi connectivity index (χ4v) is 5.42. The van der Waals surface area contributed by atoms with Crippen LogP contribution in [0.5, 0.6) is 0 Å². The van der Waals surface area contributed by atoms with Gasteiger partial charge in [0.25, 0.3) is 0 Å². The SMILES string of the molecule is CC(C)[C@]1(C)CCCN1S(=O)(=O)c1cc(Cl)cc(Cl)c1. The highest BCUT2D eigenvalue weighted by Crippen LogP contribution is 2.40. The Bertz CT molecular complexity index is 595. The van der Waals surface area contributed by atoms with E-state index in [0.717, 1.165) is 12.8 Å². The van der Waals surface area contributed by atoms with Gasteiger partial charge in [0.2, 0.25) is 10.0 Å². The fraction of sp³-hybridized carbons (Fsp3) is 0.571. The number of halogens is 2. The normalized spacial score (nSPS) is 24.5. The van der Waals surface area contributed by atoms with E-state index < -0.39 is 10.0 Å². The Morgan fingerprint density at radius 2 is 1.75 bits per heavy atom. The molecule has 0 radical (unpaired) electrons. The van der Waals surface area contributed by atoms with Crippen molar-refractivity contribution in [2.24, 2.45) is 5.92 Å². The van der Waals surface area contributed by atoms with E-state index in [2.05, 4.69) is 13.8 Å². The number of nitrogens with zero attached hydrogens (tertiary/aromatic N) is 1.